The summed E-state index contributed by atoms with van der Waals surface area (Å²) in [5, 5.41) is 16.6. The van der Waals surface area contributed by atoms with Gasteiger partial charge >= 0.3 is 6.09 Å². The monoisotopic (exact) mass is 524 g/mol. The smallest absolute Gasteiger partial charge is 0.407 e. The summed E-state index contributed by atoms with van der Waals surface area (Å²) in [6, 6.07) is 14.7. The van der Waals surface area contributed by atoms with Crippen molar-refractivity contribution in [2.24, 2.45) is 0 Å². The molecular formula is C28H36N4O6. The molecule has 2 aromatic carbocycles. The minimum atomic E-state index is -1.21. The highest BCUT2D eigenvalue weighted by molar-refractivity contribution is 5.97. The quantitative estimate of drug-likeness (QED) is 0.148. The zero-order valence-electron chi connectivity index (χ0n) is 21.1. The van der Waals surface area contributed by atoms with Gasteiger partial charge in [-0.2, -0.15) is 0 Å². The molecule has 38 heavy (non-hydrogen) atoms. The van der Waals surface area contributed by atoms with Crippen LogP contribution in [0, 0.1) is 11.8 Å². The second-order valence-corrected chi connectivity index (χ2v) is 9.03. The predicted octanol–water partition coefficient (Wildman–Crippen LogP) is 2.75. The van der Waals surface area contributed by atoms with Gasteiger partial charge in [0.15, 0.2) is 0 Å². The van der Waals surface area contributed by atoms with Crippen molar-refractivity contribution in [3.8, 4) is 11.8 Å². The number of alkyl carbamates (subject to hydrolysis) is 1. The van der Waals surface area contributed by atoms with Crippen molar-refractivity contribution >= 4 is 23.8 Å². The molecular weight excluding hydrogens is 488 g/mol. The van der Waals surface area contributed by atoms with E-state index < -0.39 is 35.5 Å². The lowest BCUT2D eigenvalue weighted by Gasteiger charge is -2.19. The van der Waals surface area contributed by atoms with E-state index in [4.69, 9.17) is 9.94 Å². The highest BCUT2D eigenvalue weighted by Gasteiger charge is 2.22. The normalized spacial score (nSPS) is 10.9. The third-order valence-corrected chi connectivity index (χ3v) is 4.76. The van der Waals surface area contributed by atoms with Gasteiger partial charge in [-0.15, -0.1) is 0 Å². The number of nitrogens with one attached hydrogen (secondary N) is 4. The van der Waals surface area contributed by atoms with E-state index in [1.807, 2.05) is 30.3 Å². The molecule has 0 heterocycles. The molecule has 4 amide bonds. The molecule has 10 nitrogen and oxygen atoms in total. The molecule has 0 saturated carbocycles. The molecule has 0 spiro atoms. The Morgan fingerprint density at radius 2 is 1.53 bits per heavy atom. The lowest BCUT2D eigenvalue weighted by molar-refractivity contribution is -0.131. The Morgan fingerprint density at radius 3 is 2.11 bits per heavy atom. The van der Waals surface area contributed by atoms with Crippen LogP contribution in [0.1, 0.15) is 62.5 Å². The molecule has 0 radical (unpaired) electrons. The van der Waals surface area contributed by atoms with E-state index in [1.165, 1.54) is 5.48 Å². The maximum atomic E-state index is 12.6. The minimum Gasteiger partial charge on any atom is -0.444 e. The number of carbonyl (C=O) groups excluding carboxylic acids is 4. The first-order chi connectivity index (χ1) is 17.6. The average molecular weight is 525 g/mol. The van der Waals surface area contributed by atoms with Gasteiger partial charge in [-0.25, -0.2) is 10.3 Å². The van der Waals surface area contributed by atoms with Gasteiger partial charge in [0, 0.05) is 36.2 Å². The van der Waals surface area contributed by atoms with Gasteiger partial charge in [0.2, 0.25) is 5.91 Å². The molecule has 0 bridgehead atoms. The molecule has 0 aromatic heterocycles. The van der Waals surface area contributed by atoms with Crippen molar-refractivity contribution in [3.63, 3.8) is 0 Å². The van der Waals surface area contributed by atoms with E-state index in [1.54, 1.807) is 45.0 Å². The first-order valence-corrected chi connectivity index (χ1v) is 11.7. The Balaban J connectivity index is 0.00000722. The minimum absolute atomic E-state index is 0. The van der Waals surface area contributed by atoms with Gasteiger partial charge < -0.3 is 20.7 Å². The maximum Gasteiger partial charge on any atom is 0.407 e. The van der Waals surface area contributed by atoms with Crippen molar-refractivity contribution < 1.29 is 29.1 Å². The molecule has 0 aliphatic heterocycles. The van der Waals surface area contributed by atoms with E-state index in [0.29, 0.717) is 12.0 Å². The molecule has 2 aromatic rings. The van der Waals surface area contributed by atoms with Crippen LogP contribution in [0.5, 0.6) is 0 Å². The third kappa shape index (κ3) is 12.1. The summed E-state index contributed by atoms with van der Waals surface area (Å²) in [4.78, 5) is 48.3. The van der Waals surface area contributed by atoms with Gasteiger partial charge in [-0.1, -0.05) is 37.5 Å². The standard InChI is InChI=1S/C27H32N4O6.CH4/c1-27(2,3)37-26(35)28-17-7-10-23(32)29-18-22(25(34)31-36)30-24(33)21-15-13-20(14-16-21)12-11-19-8-5-4-6-9-19;/h4-6,8-9,13-16,22,36H,7,10,17-18H2,1-3H3,(H,28,35)(H,29,32)(H,30,33)(H,31,34);1H4/t22-;/m0./s1. The van der Waals surface area contributed by atoms with Crippen molar-refractivity contribution in [2.75, 3.05) is 13.1 Å². The summed E-state index contributed by atoms with van der Waals surface area (Å²) < 4.78 is 5.11. The SMILES string of the molecule is C.CC(C)(C)OC(=O)NCCCC(=O)NC[C@H](NC(=O)c1ccc(C#Cc2ccccc2)cc1)C(=O)NO. The average Bonchev–Trinajstić information content (AvgIpc) is 2.87. The third-order valence-electron chi connectivity index (χ3n) is 4.76. The Morgan fingerprint density at radius 1 is 0.921 bits per heavy atom. The van der Waals surface area contributed by atoms with Crippen LogP contribution in [0.2, 0.25) is 0 Å². The fourth-order valence-electron chi connectivity index (χ4n) is 2.96. The number of hydroxylamine groups is 1. The molecule has 204 valence electrons. The summed E-state index contributed by atoms with van der Waals surface area (Å²) in [6.45, 7) is 5.22. The fourth-order valence-corrected chi connectivity index (χ4v) is 2.96. The molecule has 0 saturated heterocycles. The van der Waals surface area contributed by atoms with Crippen LogP contribution in [0.4, 0.5) is 4.79 Å². The molecule has 0 unspecified atom stereocenters. The number of carbonyl (C=O) groups is 4. The molecule has 0 aliphatic carbocycles. The molecule has 0 aliphatic rings. The lowest BCUT2D eigenvalue weighted by Crippen LogP contribution is -2.52. The maximum absolute atomic E-state index is 12.6. The summed E-state index contributed by atoms with van der Waals surface area (Å²) >= 11 is 0. The van der Waals surface area contributed by atoms with E-state index in [-0.39, 0.29) is 32.5 Å². The van der Waals surface area contributed by atoms with Crippen molar-refractivity contribution in [3.05, 3.63) is 71.3 Å². The fraction of sp³-hybridized carbons (Fsp3) is 0.357. The van der Waals surface area contributed by atoms with Crippen LogP contribution >= 0.6 is 0 Å². The number of benzene rings is 2. The van der Waals surface area contributed by atoms with Crippen molar-refractivity contribution in [1.82, 2.24) is 21.4 Å². The number of hydrogen-bond donors (Lipinski definition) is 5. The Bertz CT molecular complexity index is 1130. The van der Waals surface area contributed by atoms with Crippen LogP contribution in [0.25, 0.3) is 0 Å². The van der Waals surface area contributed by atoms with Crippen LogP contribution in [0.3, 0.4) is 0 Å². The van der Waals surface area contributed by atoms with Gasteiger partial charge in [0.25, 0.3) is 11.8 Å². The van der Waals surface area contributed by atoms with Crippen molar-refractivity contribution in [1.29, 1.82) is 0 Å². The lowest BCUT2D eigenvalue weighted by atomic mass is 10.1. The summed E-state index contributed by atoms with van der Waals surface area (Å²) in [5.41, 5.74) is 2.72. The zero-order valence-corrected chi connectivity index (χ0v) is 21.1. The molecule has 2 rings (SSSR count). The van der Waals surface area contributed by atoms with Gasteiger partial charge in [-0.05, 0) is 63.6 Å². The topological polar surface area (TPSA) is 146 Å². The van der Waals surface area contributed by atoms with E-state index in [2.05, 4.69) is 27.8 Å². The molecule has 5 N–H and O–H groups in total. The summed E-state index contributed by atoms with van der Waals surface area (Å²) in [7, 11) is 0. The van der Waals surface area contributed by atoms with Crippen LogP contribution < -0.4 is 21.4 Å². The Labute approximate surface area is 223 Å². The highest BCUT2D eigenvalue weighted by atomic mass is 16.6. The number of hydrogen-bond acceptors (Lipinski definition) is 6. The Kier molecular flexibility index (Phi) is 13.1. The van der Waals surface area contributed by atoms with Crippen molar-refractivity contribution in [2.45, 2.75) is 52.7 Å². The van der Waals surface area contributed by atoms with Crippen LogP contribution in [0.15, 0.2) is 54.6 Å². The second-order valence-electron chi connectivity index (χ2n) is 9.03. The van der Waals surface area contributed by atoms with E-state index in [0.717, 1.165) is 5.56 Å². The Hall–Kier alpha value is -4.36. The zero-order chi connectivity index (χ0) is 27.3. The number of rotatable bonds is 9. The summed E-state index contributed by atoms with van der Waals surface area (Å²) in [6.07, 6.45) is -0.164. The summed E-state index contributed by atoms with van der Waals surface area (Å²) in [5.74, 6) is 4.20. The predicted molar refractivity (Wildman–Crippen MR) is 143 cm³/mol. The van der Waals surface area contributed by atoms with Crippen LogP contribution in [-0.2, 0) is 14.3 Å². The molecule has 1 atom stereocenters. The second kappa shape index (κ2) is 15.7. The van der Waals surface area contributed by atoms with E-state index >= 15 is 0 Å². The van der Waals surface area contributed by atoms with E-state index in [9.17, 15) is 19.2 Å². The number of amides is 4. The first-order valence-electron chi connectivity index (χ1n) is 11.7. The molecule has 0 fully saturated rings. The van der Waals surface area contributed by atoms with Gasteiger partial charge in [-0.3, -0.25) is 19.6 Å². The number of ether oxygens (including phenoxy) is 1. The van der Waals surface area contributed by atoms with Gasteiger partial charge in [0.1, 0.15) is 11.6 Å². The van der Waals surface area contributed by atoms with Crippen LogP contribution in [-0.4, -0.2) is 53.8 Å². The largest absolute Gasteiger partial charge is 0.444 e. The van der Waals surface area contributed by atoms with Gasteiger partial charge in [0.05, 0.1) is 0 Å². The molecule has 10 heteroatoms. The highest BCUT2D eigenvalue weighted by Crippen LogP contribution is 2.07. The first kappa shape index (κ1) is 31.7.